The Hall–Kier alpha value is -2.67. The zero-order chi connectivity index (χ0) is 41.9. The van der Waals surface area contributed by atoms with E-state index in [1.165, 1.54) is 5.56 Å². The molecular weight excluding hydrogens is 747 g/mol. The van der Waals surface area contributed by atoms with Crippen molar-refractivity contribution in [2.45, 2.75) is 180 Å². The fraction of sp³-hybridized carbons (Fsp3) is 0.694. The van der Waals surface area contributed by atoms with Gasteiger partial charge >= 0.3 is 0 Å². The van der Waals surface area contributed by atoms with Crippen LogP contribution in [0.2, 0.25) is 0 Å². The van der Waals surface area contributed by atoms with Crippen molar-refractivity contribution >= 4 is 5.91 Å². The summed E-state index contributed by atoms with van der Waals surface area (Å²) in [5.74, 6) is -0.0251. The van der Waals surface area contributed by atoms with Crippen LogP contribution in [-0.2, 0) is 49.1 Å². The molecule has 1 amide bonds. The summed E-state index contributed by atoms with van der Waals surface area (Å²) in [4.78, 5) is 13.9. The number of carbonyl (C=O) groups excluding carboxylic acids is 1. The lowest BCUT2D eigenvalue weighted by atomic mass is 9.97. The monoisotopic (exact) mass is 824 g/mol. The van der Waals surface area contributed by atoms with E-state index in [9.17, 15) is 4.79 Å². The summed E-state index contributed by atoms with van der Waals surface area (Å²) in [6.45, 7) is 13.3. The molecule has 0 spiro atoms. The molecule has 2 aromatic rings. The van der Waals surface area contributed by atoms with Gasteiger partial charge < -0.3 is 43.2 Å². The maximum atomic E-state index is 13.9. The van der Waals surface area contributed by atoms with Crippen molar-refractivity contribution in [2.24, 2.45) is 0 Å². The molecule has 2 fully saturated rings. The maximum Gasteiger partial charge on any atom is 0.220 e. The minimum atomic E-state index is -0.802. The molecule has 0 radical (unpaired) electrons. The summed E-state index contributed by atoms with van der Waals surface area (Å²) in [6.07, 6.45) is 12.6. The molecule has 4 rings (SSSR count). The lowest BCUT2D eigenvalue weighted by Gasteiger charge is -2.49. The Morgan fingerprint density at radius 1 is 0.746 bits per heavy atom. The summed E-state index contributed by atoms with van der Waals surface area (Å²) in [7, 11) is 0. The van der Waals surface area contributed by atoms with Gasteiger partial charge in [0.1, 0.15) is 30.5 Å². The van der Waals surface area contributed by atoms with E-state index in [0.29, 0.717) is 45.9 Å². The number of ether oxygens (including phenoxy) is 8. The topological polar surface area (TPSA) is 103 Å². The van der Waals surface area contributed by atoms with Crippen LogP contribution < -0.4 is 5.32 Å². The number of amides is 1. The first-order chi connectivity index (χ1) is 29.0. The molecule has 0 bridgehead atoms. The Balaban J connectivity index is 1.58. The number of allylic oxidation sites excluding steroid dienone is 1. The third-order valence-corrected chi connectivity index (χ3v) is 11.0. The van der Waals surface area contributed by atoms with E-state index < -0.39 is 49.1 Å². The first kappa shape index (κ1) is 49.0. The molecule has 2 aromatic carbocycles. The highest BCUT2D eigenvalue weighted by Crippen LogP contribution is 2.37. The first-order valence-electron chi connectivity index (χ1n) is 23.0. The molecule has 0 saturated carbocycles. The van der Waals surface area contributed by atoms with E-state index >= 15 is 0 Å². The van der Waals surface area contributed by atoms with E-state index in [1.54, 1.807) is 0 Å². The van der Waals surface area contributed by atoms with Gasteiger partial charge in [0.2, 0.25) is 5.91 Å². The highest BCUT2D eigenvalue weighted by Gasteiger charge is 2.52. The normalized spacial score (nSPS) is 23.5. The second-order valence-corrected chi connectivity index (χ2v) is 15.9. The average Bonchev–Trinajstić information content (AvgIpc) is 3.26. The smallest absolute Gasteiger partial charge is 0.220 e. The molecule has 332 valence electrons. The number of fused-ring (bicyclic) bond motifs is 1. The molecule has 2 aliphatic rings. The largest absolute Gasteiger partial charge is 0.375 e. The number of hydrogen-bond donors (Lipinski definition) is 1. The van der Waals surface area contributed by atoms with Gasteiger partial charge in [-0.05, 0) is 63.9 Å². The Labute approximate surface area is 356 Å². The van der Waals surface area contributed by atoms with Crippen LogP contribution in [0.3, 0.4) is 0 Å². The summed E-state index contributed by atoms with van der Waals surface area (Å²) in [5, 5.41) is 3.37. The highest BCUT2D eigenvalue weighted by atomic mass is 16.8. The number of rotatable bonds is 31. The van der Waals surface area contributed by atoms with Crippen molar-refractivity contribution in [3.8, 4) is 0 Å². The zero-order valence-corrected chi connectivity index (χ0v) is 36.9. The van der Waals surface area contributed by atoms with Gasteiger partial charge in [-0.1, -0.05) is 133 Å². The number of hydrogen-bond acceptors (Lipinski definition) is 9. The molecule has 10 nitrogen and oxygen atoms in total. The van der Waals surface area contributed by atoms with Crippen LogP contribution in [0.15, 0.2) is 72.8 Å². The minimum absolute atomic E-state index is 0.0251. The number of carbonyl (C=O) groups is 1. The number of unbranched alkanes of at least 4 members (excludes halogenated alkanes) is 6. The van der Waals surface area contributed by atoms with Crippen molar-refractivity contribution in [1.82, 2.24) is 5.32 Å². The van der Waals surface area contributed by atoms with Crippen molar-refractivity contribution in [3.05, 3.63) is 83.9 Å². The number of benzene rings is 2. The van der Waals surface area contributed by atoms with Crippen LogP contribution in [0.4, 0.5) is 0 Å². The van der Waals surface area contributed by atoms with E-state index in [4.69, 9.17) is 37.9 Å². The van der Waals surface area contributed by atoms with Gasteiger partial charge in [-0.15, -0.1) is 0 Å². The van der Waals surface area contributed by atoms with Gasteiger partial charge in [-0.3, -0.25) is 4.79 Å². The Morgan fingerprint density at radius 3 is 2.07 bits per heavy atom. The van der Waals surface area contributed by atoms with Crippen LogP contribution in [-0.4, -0.2) is 94.5 Å². The Bertz CT molecular complexity index is 1380. The molecule has 59 heavy (non-hydrogen) atoms. The fourth-order valence-electron chi connectivity index (χ4n) is 7.48. The van der Waals surface area contributed by atoms with Gasteiger partial charge in [0.15, 0.2) is 12.6 Å². The molecule has 0 aliphatic carbocycles. The Kier molecular flexibility index (Phi) is 24.5. The lowest BCUT2D eigenvalue weighted by molar-refractivity contribution is -0.371. The lowest BCUT2D eigenvalue weighted by Crippen LogP contribution is -2.64. The Morgan fingerprint density at radius 2 is 1.39 bits per heavy atom. The van der Waals surface area contributed by atoms with Crippen molar-refractivity contribution in [2.75, 3.05) is 39.6 Å². The zero-order valence-electron chi connectivity index (χ0n) is 36.9. The molecule has 10 heteroatoms. The second-order valence-electron chi connectivity index (χ2n) is 15.9. The van der Waals surface area contributed by atoms with E-state index in [0.717, 1.165) is 82.6 Å². The summed E-state index contributed by atoms with van der Waals surface area (Å²) in [5.41, 5.74) is 2.27. The molecule has 2 heterocycles. The quantitative estimate of drug-likeness (QED) is 0.0588. The van der Waals surface area contributed by atoms with Gasteiger partial charge in [-0.25, -0.2) is 0 Å². The van der Waals surface area contributed by atoms with E-state index in [1.807, 2.05) is 49.4 Å². The molecule has 0 aromatic heterocycles. The maximum absolute atomic E-state index is 13.9. The van der Waals surface area contributed by atoms with Gasteiger partial charge in [0.05, 0.1) is 25.4 Å². The first-order valence-corrected chi connectivity index (χ1v) is 23.0. The molecule has 2 saturated heterocycles. The van der Waals surface area contributed by atoms with Crippen molar-refractivity contribution in [3.63, 3.8) is 0 Å². The molecule has 3 unspecified atom stereocenters. The third kappa shape index (κ3) is 17.3. The van der Waals surface area contributed by atoms with Crippen LogP contribution in [0.25, 0.3) is 0 Å². The van der Waals surface area contributed by atoms with Crippen molar-refractivity contribution < 1.29 is 42.7 Å². The van der Waals surface area contributed by atoms with Crippen molar-refractivity contribution in [1.29, 1.82) is 0 Å². The second kappa shape index (κ2) is 29.6. The van der Waals surface area contributed by atoms with Crippen LogP contribution in [0.5, 0.6) is 0 Å². The van der Waals surface area contributed by atoms with Crippen LogP contribution in [0, 0.1) is 0 Å². The highest BCUT2D eigenvalue weighted by molar-refractivity contribution is 5.76. The minimum Gasteiger partial charge on any atom is -0.375 e. The van der Waals surface area contributed by atoms with Crippen LogP contribution >= 0.6 is 0 Å². The predicted octanol–water partition coefficient (Wildman–Crippen LogP) is 9.84. The van der Waals surface area contributed by atoms with Gasteiger partial charge in [0.25, 0.3) is 0 Å². The van der Waals surface area contributed by atoms with E-state index in [-0.39, 0.29) is 18.6 Å². The molecular formula is C49H77NO9. The summed E-state index contributed by atoms with van der Waals surface area (Å²) < 4.78 is 53.1. The molecule has 1 N–H and O–H groups in total. The van der Waals surface area contributed by atoms with E-state index in [2.05, 4.69) is 63.4 Å². The standard InChI is InChI=1S/C49H77NO9/c1-6-11-30-41(52-32-12-7-2)44(53-33-13-8-3)40(50-43(51)31-24-17-21-27-38-25-19-16-20-26-38)36-56-49-47(55-35-15-10-5)46(54-34-14-9-4)45-42(58-49)37-57-48(59-45)39-28-22-18-23-29-39/h6,11,16,18-20,22-23,25-26,28-29,40-42,44-49H,7-10,12-15,17,21,24,27,30-37H2,1-5H3,(H,50,51)/t40-,41+,42?,44-,45-,46-,47?,48?,49-/m0/s1. The van der Waals surface area contributed by atoms with Gasteiger partial charge in [0, 0.05) is 38.4 Å². The predicted molar refractivity (Wildman–Crippen MR) is 233 cm³/mol. The summed E-state index contributed by atoms with van der Waals surface area (Å²) in [6, 6.07) is 20.0. The SMILES string of the molecule is CC=CC[C@@H](OCCCC)[C@@H](OCCCC)[C@H](CO[C@H]1OC2COC(c3ccccc3)O[C@@H]2[C@H](OCCCC)C1OCCCC)NC(=O)CCCCCc1ccccc1. The average molecular weight is 824 g/mol. The molecule has 9 atom stereocenters. The fourth-order valence-corrected chi connectivity index (χ4v) is 7.48. The number of aryl methyl sites for hydroxylation is 1. The third-order valence-electron chi connectivity index (χ3n) is 11.0. The number of nitrogens with one attached hydrogen (secondary N) is 1. The molecule has 2 aliphatic heterocycles. The summed E-state index contributed by atoms with van der Waals surface area (Å²) >= 11 is 0. The van der Waals surface area contributed by atoms with Gasteiger partial charge in [-0.2, -0.15) is 0 Å². The van der Waals surface area contributed by atoms with Crippen LogP contribution in [0.1, 0.15) is 136 Å².